The fourth-order valence-corrected chi connectivity index (χ4v) is 1.83. The van der Waals surface area contributed by atoms with Crippen LogP contribution in [0.25, 0.3) is 0 Å². The van der Waals surface area contributed by atoms with Crippen LogP contribution in [0, 0.1) is 12.0 Å². The molecule has 0 aliphatic rings. The normalized spacial score (nSPS) is 11.6. The third kappa shape index (κ3) is 6.10. The van der Waals surface area contributed by atoms with Crippen molar-refractivity contribution in [1.29, 1.82) is 0 Å². The van der Waals surface area contributed by atoms with Crippen molar-refractivity contribution in [2.75, 3.05) is 0 Å². The van der Waals surface area contributed by atoms with Crippen molar-refractivity contribution in [3.8, 4) is 0 Å². The first kappa shape index (κ1) is 19.6. The molecule has 1 aromatic rings. The van der Waals surface area contributed by atoms with E-state index in [1.165, 1.54) is 18.2 Å². The van der Waals surface area contributed by atoms with Gasteiger partial charge in [-0.1, -0.05) is 13.8 Å². The summed E-state index contributed by atoms with van der Waals surface area (Å²) in [6.45, 7) is 3.19. The Morgan fingerprint density at radius 2 is 2.06 bits per heavy atom. The van der Waals surface area contributed by atoms with E-state index in [2.05, 4.69) is 10.5 Å². The van der Waals surface area contributed by atoms with Crippen LogP contribution in [-0.2, 0) is 10.0 Å². The molecule has 0 fully saturated rings. The third-order valence-electron chi connectivity index (χ3n) is 1.68. The summed E-state index contributed by atoms with van der Waals surface area (Å²) >= 11 is 0. The molecule has 0 amide bonds. The molecule has 0 bridgehead atoms. The molecule has 0 aromatic heterocycles. The zero-order chi connectivity index (χ0) is 11.5. The Morgan fingerprint density at radius 1 is 1.47 bits per heavy atom. The molecule has 82 valence electrons. The second-order valence-electron chi connectivity index (χ2n) is 3.30. The average molecular weight is 255 g/mol. The molecule has 4 nitrogen and oxygen atoms in total. The molecule has 0 aliphatic carbocycles. The topological polar surface area (TPSA) is 69.6 Å². The molecule has 0 spiro atoms. The maximum Gasteiger partial charge on any atom is 1.00 e. The van der Waals surface area contributed by atoms with E-state index in [4.69, 9.17) is 0 Å². The Bertz CT molecular complexity index is 460. The van der Waals surface area contributed by atoms with Crippen LogP contribution >= 0.6 is 0 Å². The number of hydrogen-bond donors (Lipinski definition) is 0. The van der Waals surface area contributed by atoms with Gasteiger partial charge in [0.05, 0.1) is 0 Å². The minimum Gasteiger partial charge on any atom is -0.861 e. The summed E-state index contributed by atoms with van der Waals surface area (Å²) in [5.41, 5.74) is 0. The Morgan fingerprint density at radius 3 is 2.47 bits per heavy atom. The van der Waals surface area contributed by atoms with E-state index in [0.29, 0.717) is 0 Å². The summed E-state index contributed by atoms with van der Waals surface area (Å²) in [5, 5.41) is 11.2. The number of sulfonamides is 1. The van der Waals surface area contributed by atoms with Gasteiger partial charge in [0, 0.05) is 0 Å². The Hall–Kier alpha value is 0.237. The summed E-state index contributed by atoms with van der Waals surface area (Å²) < 4.78 is 26.3. The molecule has 7 heteroatoms. The van der Waals surface area contributed by atoms with Crippen LogP contribution in [0.2, 0.25) is 0 Å². The SMILES string of the molecule is CC(C)/C([O-])=N/S(=O)(=O)c1c[c-]ccc1.[Li+].[Na+]. The van der Waals surface area contributed by atoms with E-state index in [-0.39, 0.29) is 53.3 Å². The van der Waals surface area contributed by atoms with Crippen LogP contribution in [0.1, 0.15) is 13.8 Å². The van der Waals surface area contributed by atoms with E-state index in [9.17, 15) is 13.5 Å². The summed E-state index contributed by atoms with van der Waals surface area (Å²) in [5.74, 6) is -1.06. The third-order valence-corrected chi connectivity index (χ3v) is 2.95. The smallest absolute Gasteiger partial charge is 0.861 e. The fraction of sp³-hybridized carbons (Fsp3) is 0.300. The molecule has 0 radical (unpaired) electrons. The standard InChI is InChI=1S/C10H12NO3S.Li.Na/c1-8(2)10(12)11-15(13,14)9-6-4-3-5-7-9;;/h3-4,6-8H,1-2H3,(H,11,12);;/q-1;2*+1/p-1. The molecular formula is C10H11LiNNaO3S. The van der Waals surface area contributed by atoms with Crippen molar-refractivity contribution >= 4 is 15.9 Å². The molecule has 0 saturated carbocycles. The molecule has 17 heavy (non-hydrogen) atoms. The van der Waals surface area contributed by atoms with Gasteiger partial charge in [-0.3, -0.25) is 0 Å². The van der Waals surface area contributed by atoms with Crippen LogP contribution in [0.3, 0.4) is 0 Å². The van der Waals surface area contributed by atoms with Gasteiger partial charge in [0.2, 0.25) is 10.0 Å². The number of benzene rings is 1. The molecule has 0 aliphatic heterocycles. The van der Waals surface area contributed by atoms with Crippen LogP contribution in [0.4, 0.5) is 0 Å². The van der Waals surface area contributed by atoms with Gasteiger partial charge in [0.15, 0.2) is 0 Å². The van der Waals surface area contributed by atoms with Crippen molar-refractivity contribution in [1.82, 2.24) is 0 Å². The zero-order valence-electron chi connectivity index (χ0n) is 10.5. The van der Waals surface area contributed by atoms with Gasteiger partial charge >= 0.3 is 48.4 Å². The quantitative estimate of drug-likeness (QED) is 0.234. The average Bonchev–Trinajstić information content (AvgIpc) is 2.18. The van der Waals surface area contributed by atoms with E-state index in [1.807, 2.05) is 0 Å². The summed E-state index contributed by atoms with van der Waals surface area (Å²) in [6.07, 6.45) is 0. The van der Waals surface area contributed by atoms with Gasteiger partial charge < -0.3 is 5.11 Å². The van der Waals surface area contributed by atoms with Crippen molar-refractivity contribution in [2.24, 2.45) is 10.3 Å². The molecule has 0 atom stereocenters. The predicted molar refractivity (Wildman–Crippen MR) is 54.7 cm³/mol. The zero-order valence-corrected chi connectivity index (χ0v) is 13.3. The fourth-order valence-electron chi connectivity index (χ4n) is 0.814. The second kappa shape index (κ2) is 8.36. The van der Waals surface area contributed by atoms with E-state index in [0.717, 1.165) is 0 Å². The van der Waals surface area contributed by atoms with Gasteiger partial charge in [-0.05, 0) is 16.7 Å². The monoisotopic (exact) mass is 255 g/mol. The molecule has 0 saturated heterocycles. The predicted octanol–water partition coefficient (Wildman–Crippen LogP) is -5.40. The number of rotatable bonds is 3. The Labute approximate surface area is 136 Å². The van der Waals surface area contributed by atoms with Gasteiger partial charge in [-0.15, -0.1) is 0 Å². The van der Waals surface area contributed by atoms with Crippen molar-refractivity contribution in [3.05, 3.63) is 30.3 Å². The van der Waals surface area contributed by atoms with Crippen LogP contribution in [0.15, 0.2) is 33.6 Å². The van der Waals surface area contributed by atoms with Crippen LogP contribution in [-0.4, -0.2) is 14.3 Å². The van der Waals surface area contributed by atoms with E-state index < -0.39 is 21.8 Å². The molecular weight excluding hydrogens is 244 g/mol. The van der Waals surface area contributed by atoms with Gasteiger partial charge in [0.1, 0.15) is 0 Å². The summed E-state index contributed by atoms with van der Waals surface area (Å²) in [6, 6.07) is 8.38. The molecule has 0 unspecified atom stereocenters. The molecule has 1 rings (SSSR count). The van der Waals surface area contributed by atoms with E-state index >= 15 is 0 Å². The maximum absolute atomic E-state index is 11.5. The molecule has 1 aromatic carbocycles. The Kier molecular flexibility index (Phi) is 9.62. The van der Waals surface area contributed by atoms with Crippen LogP contribution in [0.5, 0.6) is 0 Å². The largest absolute Gasteiger partial charge is 1.00 e. The minimum atomic E-state index is -3.86. The Balaban J connectivity index is 0. The first-order valence-electron chi connectivity index (χ1n) is 4.41. The molecule has 0 heterocycles. The van der Waals surface area contributed by atoms with Crippen molar-refractivity contribution in [2.45, 2.75) is 18.7 Å². The summed E-state index contributed by atoms with van der Waals surface area (Å²) in [7, 11) is -3.86. The minimum absolute atomic E-state index is 0. The van der Waals surface area contributed by atoms with E-state index in [1.54, 1.807) is 19.9 Å². The maximum atomic E-state index is 11.5. The second-order valence-corrected chi connectivity index (χ2v) is 4.90. The summed E-state index contributed by atoms with van der Waals surface area (Å²) in [4.78, 5) is -0.0148. The molecule has 0 N–H and O–H groups in total. The number of hydrogen-bond acceptors (Lipinski definition) is 3. The van der Waals surface area contributed by atoms with Gasteiger partial charge in [-0.2, -0.15) is 34.7 Å². The van der Waals surface area contributed by atoms with Crippen molar-refractivity contribution in [3.63, 3.8) is 0 Å². The van der Waals surface area contributed by atoms with Gasteiger partial charge in [0.25, 0.3) is 0 Å². The van der Waals surface area contributed by atoms with Crippen LogP contribution < -0.4 is 53.5 Å². The van der Waals surface area contributed by atoms with Gasteiger partial charge in [-0.25, -0.2) is 8.42 Å². The first-order valence-corrected chi connectivity index (χ1v) is 5.85. The number of nitrogens with zero attached hydrogens (tertiary/aromatic N) is 1. The van der Waals surface area contributed by atoms with Crippen molar-refractivity contribution < 1.29 is 61.9 Å². The first-order chi connectivity index (χ1) is 6.93.